The molecule has 10 atom stereocenters. The van der Waals surface area contributed by atoms with Crippen LogP contribution in [0.25, 0.3) is 10.9 Å². The number of aliphatic hydroxyl groups excluding tert-OH is 1. The van der Waals surface area contributed by atoms with Gasteiger partial charge in [0.25, 0.3) is 5.91 Å². The third-order valence-electron chi connectivity index (χ3n) is 16.3. The molecule has 0 radical (unpaired) electrons. The molecule has 1 aliphatic carbocycles. The van der Waals surface area contributed by atoms with Crippen molar-refractivity contribution in [3.05, 3.63) is 70.9 Å². The van der Waals surface area contributed by atoms with Gasteiger partial charge in [0.1, 0.15) is 17.3 Å². The van der Waals surface area contributed by atoms with Crippen LogP contribution >= 0.6 is 0 Å². The van der Waals surface area contributed by atoms with Gasteiger partial charge in [-0.05, 0) is 80.7 Å². The molecule has 60 heavy (non-hydrogen) atoms. The Morgan fingerprint density at radius 1 is 1.00 bits per heavy atom. The quantitative estimate of drug-likeness (QED) is 0.112. The van der Waals surface area contributed by atoms with Crippen LogP contribution in [-0.4, -0.2) is 132 Å². The molecule has 1 amide bonds. The summed E-state index contributed by atoms with van der Waals surface area (Å²) in [7, 11) is 5.01. The van der Waals surface area contributed by atoms with Crippen molar-refractivity contribution in [1.82, 2.24) is 20.1 Å². The van der Waals surface area contributed by atoms with Crippen molar-refractivity contribution in [3.63, 3.8) is 0 Å². The minimum Gasteiger partial charge on any atom is -0.496 e. The number of anilines is 1. The summed E-state index contributed by atoms with van der Waals surface area (Å²) in [6.45, 7) is 10.0. The Hall–Kier alpha value is -3.94. The molecule has 1 aromatic heterocycles. The average molecular weight is 824 g/mol. The van der Waals surface area contributed by atoms with Gasteiger partial charge in [0.2, 0.25) is 0 Å². The Balaban J connectivity index is 1.32. The zero-order valence-corrected chi connectivity index (χ0v) is 36.4. The van der Waals surface area contributed by atoms with Gasteiger partial charge >= 0.3 is 5.97 Å². The molecule has 5 aliphatic heterocycles. The number of benzene rings is 2. The van der Waals surface area contributed by atoms with E-state index in [9.17, 15) is 20.1 Å². The first-order chi connectivity index (χ1) is 28.8. The number of aliphatic hydroxyl groups is 3. The summed E-state index contributed by atoms with van der Waals surface area (Å²) in [5.41, 5.74) is -1.09. The molecule has 2 aromatic carbocycles. The highest BCUT2D eigenvalue weighted by Crippen LogP contribution is 2.67. The Morgan fingerprint density at radius 2 is 1.80 bits per heavy atom. The van der Waals surface area contributed by atoms with Gasteiger partial charge < -0.3 is 40.0 Å². The highest BCUT2D eigenvalue weighted by Gasteiger charge is 2.78. The van der Waals surface area contributed by atoms with Crippen LogP contribution in [0.5, 0.6) is 5.75 Å². The average Bonchev–Trinajstić information content (AvgIpc) is 3.92. The summed E-state index contributed by atoms with van der Waals surface area (Å²) in [5.74, 6) is -0.541. The van der Waals surface area contributed by atoms with Crippen LogP contribution in [0.4, 0.5) is 5.69 Å². The van der Waals surface area contributed by atoms with Crippen molar-refractivity contribution in [1.29, 1.82) is 0 Å². The van der Waals surface area contributed by atoms with Crippen molar-refractivity contribution >= 4 is 28.5 Å². The highest BCUT2D eigenvalue weighted by molar-refractivity contribution is 5.95. The zero-order valence-electron chi connectivity index (χ0n) is 36.4. The number of aromatic amines is 1. The van der Waals surface area contributed by atoms with Crippen LogP contribution in [0.3, 0.4) is 0 Å². The molecule has 2 unspecified atom stereocenters. The topological polar surface area (TPSA) is 151 Å². The first kappa shape index (κ1) is 41.4. The van der Waals surface area contributed by atoms with E-state index in [0.29, 0.717) is 76.0 Å². The van der Waals surface area contributed by atoms with Crippen LogP contribution in [-0.2, 0) is 31.6 Å². The number of piperidine rings is 1. The number of methoxy groups -OCH3 is 2. The summed E-state index contributed by atoms with van der Waals surface area (Å²) < 4.78 is 12.4. The number of rotatable bonds is 10. The predicted molar refractivity (Wildman–Crippen MR) is 231 cm³/mol. The number of hydrogen-bond acceptors (Lipinski definition) is 10. The van der Waals surface area contributed by atoms with E-state index in [1.807, 2.05) is 44.0 Å². The lowest BCUT2D eigenvalue weighted by Crippen LogP contribution is -2.81. The predicted octanol–water partition coefficient (Wildman–Crippen LogP) is 4.55. The number of unbranched alkanes of at least 4 members (excludes halogenated alkanes) is 2. The van der Waals surface area contributed by atoms with Crippen molar-refractivity contribution < 1.29 is 34.4 Å². The highest BCUT2D eigenvalue weighted by atomic mass is 16.5. The maximum atomic E-state index is 15.4. The van der Waals surface area contributed by atoms with E-state index < -0.39 is 51.5 Å². The van der Waals surface area contributed by atoms with Gasteiger partial charge in [0.15, 0.2) is 5.60 Å². The molecule has 2 saturated heterocycles. The maximum absolute atomic E-state index is 15.4. The molecule has 1 saturated carbocycles. The molecular weight excluding hydrogens is 759 g/mol. The zero-order chi connectivity index (χ0) is 42.4. The normalized spacial score (nSPS) is 36.7. The molecule has 324 valence electrons. The van der Waals surface area contributed by atoms with E-state index >= 15 is 4.79 Å². The summed E-state index contributed by atoms with van der Waals surface area (Å²) in [5, 5.41) is 42.2. The molecule has 5 N–H and O–H groups in total. The van der Waals surface area contributed by atoms with Crippen LogP contribution < -0.4 is 15.0 Å². The molecule has 9 rings (SSSR count). The summed E-state index contributed by atoms with van der Waals surface area (Å²) in [6, 6.07) is 11.3. The number of esters is 1. The van der Waals surface area contributed by atoms with E-state index in [1.165, 1.54) is 7.11 Å². The maximum Gasteiger partial charge on any atom is 0.322 e. The molecule has 3 aromatic rings. The molecule has 6 aliphatic rings. The van der Waals surface area contributed by atoms with Gasteiger partial charge in [0, 0.05) is 90.6 Å². The van der Waals surface area contributed by atoms with Gasteiger partial charge in [-0.1, -0.05) is 64.0 Å². The first-order valence-corrected chi connectivity index (χ1v) is 22.5. The fourth-order valence-electron chi connectivity index (χ4n) is 13.7. The molecule has 3 fully saturated rings. The summed E-state index contributed by atoms with van der Waals surface area (Å²) in [4.78, 5) is 40.7. The van der Waals surface area contributed by atoms with Crippen LogP contribution in [0.15, 0.2) is 48.6 Å². The lowest BCUT2D eigenvalue weighted by atomic mass is 9.47. The molecular formula is C48H65N5O7. The standard InChI is InChI=1S/C48H65N5O7/c1-7-10-13-20-49-42(55)48(58)40-46(19-23-53-21-14-18-45(9-3,39(46)53)41(48)54)33-24-34(37(59-5)25-36(33)51(40)4)47(43(56)60-6)27-30-26-44(57,8-2)29-52(28-30)22-17-32-31-15-11-12-16-35(31)50-38(32)47/h11-12,14-16,18,24-25,30,39-41,50,54,57-58H,7-10,13,17,19-23,26-29H2,1-6H3,(H,49,55)/t30-,39+,40?,41-,44+,45-,46-,47+,48+/m1/s1. The summed E-state index contributed by atoms with van der Waals surface area (Å²) in [6.07, 6.45) is 8.79. The van der Waals surface area contributed by atoms with Crippen LogP contribution in [0, 0.1) is 11.3 Å². The molecule has 12 nitrogen and oxygen atoms in total. The van der Waals surface area contributed by atoms with E-state index in [0.717, 1.165) is 65.8 Å². The minimum absolute atomic E-state index is 0.0729. The Morgan fingerprint density at radius 3 is 2.53 bits per heavy atom. The fourth-order valence-corrected chi connectivity index (χ4v) is 13.7. The number of carbonyl (C=O) groups excluding carboxylic acids is 2. The fraction of sp³-hybridized carbons (Fsp3) is 0.625. The molecule has 1 spiro atoms. The van der Waals surface area contributed by atoms with Crippen molar-refractivity contribution in [2.75, 3.05) is 65.4 Å². The van der Waals surface area contributed by atoms with Gasteiger partial charge in [-0.25, -0.2) is 0 Å². The molecule has 12 heteroatoms. The number of fused-ring (bicyclic) bond motifs is 6. The van der Waals surface area contributed by atoms with E-state index in [2.05, 4.69) is 57.4 Å². The lowest BCUT2D eigenvalue weighted by Gasteiger charge is -2.63. The van der Waals surface area contributed by atoms with Crippen LogP contribution in [0.2, 0.25) is 0 Å². The lowest BCUT2D eigenvalue weighted by molar-refractivity contribution is -0.203. The minimum atomic E-state index is -2.18. The van der Waals surface area contributed by atoms with Gasteiger partial charge in [-0.3, -0.25) is 19.4 Å². The number of amides is 1. The third-order valence-corrected chi connectivity index (χ3v) is 16.3. The second kappa shape index (κ2) is 14.9. The second-order valence-electron chi connectivity index (χ2n) is 19.1. The van der Waals surface area contributed by atoms with Crippen LogP contribution in [0.1, 0.15) is 94.5 Å². The Labute approximate surface area is 354 Å². The smallest absolute Gasteiger partial charge is 0.322 e. The third kappa shape index (κ3) is 5.52. The number of likely N-dealkylation sites (N-methyl/N-ethyl adjacent to an activating group) is 1. The Kier molecular flexibility index (Phi) is 10.3. The number of nitrogens with one attached hydrogen (secondary N) is 2. The van der Waals surface area contributed by atoms with Crippen molar-refractivity contribution in [3.8, 4) is 5.75 Å². The molecule has 6 heterocycles. The van der Waals surface area contributed by atoms with Gasteiger partial charge in [-0.15, -0.1) is 0 Å². The molecule has 2 bridgehead atoms. The number of para-hydroxylation sites is 1. The number of H-pyrrole nitrogens is 1. The number of hydrogen-bond donors (Lipinski definition) is 5. The van der Waals surface area contributed by atoms with E-state index in [4.69, 9.17) is 9.47 Å². The van der Waals surface area contributed by atoms with E-state index in [1.54, 1.807) is 7.11 Å². The van der Waals surface area contributed by atoms with Gasteiger partial charge in [-0.2, -0.15) is 0 Å². The largest absolute Gasteiger partial charge is 0.496 e. The number of nitrogens with zero attached hydrogens (tertiary/aromatic N) is 3. The van der Waals surface area contributed by atoms with Crippen molar-refractivity contribution in [2.45, 2.75) is 119 Å². The van der Waals surface area contributed by atoms with E-state index in [-0.39, 0.29) is 12.0 Å². The number of aromatic nitrogens is 1. The van der Waals surface area contributed by atoms with Gasteiger partial charge in [0.05, 0.1) is 25.9 Å². The van der Waals surface area contributed by atoms with Crippen molar-refractivity contribution in [2.24, 2.45) is 11.3 Å². The SMILES string of the molecule is CCCCCNC(=O)[C@]1(O)C2N(C)c3cc(OC)c([C@@]4(C(=O)OC)C[C@@H]5CN(CCc6c4[nH]c4ccccc64)C[C@](O)(CC)C5)cc3[C@@]23CCN2CC=C[C@@](CC)([C@H]1O)[C@H]23. The monoisotopic (exact) mass is 823 g/mol. The number of ether oxygens (including phenoxy) is 2. The second-order valence-corrected chi connectivity index (χ2v) is 19.1. The number of carbonyl (C=O) groups is 2. The summed E-state index contributed by atoms with van der Waals surface area (Å²) >= 11 is 0. The first-order valence-electron chi connectivity index (χ1n) is 22.5. The Bertz CT molecular complexity index is 2210.